The lowest BCUT2D eigenvalue weighted by atomic mass is 10.2. The van der Waals surface area contributed by atoms with Crippen molar-refractivity contribution in [3.63, 3.8) is 0 Å². The van der Waals surface area contributed by atoms with Crippen LogP contribution in [0.3, 0.4) is 0 Å². The first-order valence-corrected chi connectivity index (χ1v) is 6.55. The van der Waals surface area contributed by atoms with E-state index in [4.69, 9.17) is 0 Å². The molecule has 1 N–H and O–H groups in total. The van der Waals surface area contributed by atoms with Crippen molar-refractivity contribution in [2.24, 2.45) is 0 Å². The summed E-state index contributed by atoms with van der Waals surface area (Å²) in [4.78, 5) is 39.8. The van der Waals surface area contributed by atoms with Crippen molar-refractivity contribution < 1.29 is 19.1 Å². The molecule has 0 bridgehead atoms. The number of pyridine rings is 1. The summed E-state index contributed by atoms with van der Waals surface area (Å²) in [5.41, 5.74) is 0.435. The minimum absolute atomic E-state index is 0.0998. The summed E-state index contributed by atoms with van der Waals surface area (Å²) in [6.45, 7) is 2.26. The molecule has 0 aliphatic heterocycles. The van der Waals surface area contributed by atoms with E-state index in [9.17, 15) is 14.4 Å². The summed E-state index contributed by atoms with van der Waals surface area (Å²) >= 11 is 0. The minimum Gasteiger partial charge on any atom is -0.469 e. The van der Waals surface area contributed by atoms with Crippen molar-refractivity contribution in [2.45, 2.75) is 13.3 Å². The molecule has 0 saturated heterocycles. The molecule has 0 atom stereocenters. The molecule has 0 saturated carbocycles. The van der Waals surface area contributed by atoms with Crippen LogP contribution in [0.25, 0.3) is 0 Å². The number of nitrogens with one attached hydrogen (secondary N) is 1. The monoisotopic (exact) mass is 293 g/mol. The molecular formula is C14H19N3O4. The van der Waals surface area contributed by atoms with Crippen molar-refractivity contribution in [3.05, 3.63) is 30.1 Å². The van der Waals surface area contributed by atoms with Crippen LogP contribution in [0.2, 0.25) is 0 Å². The third-order valence-electron chi connectivity index (χ3n) is 2.76. The van der Waals surface area contributed by atoms with E-state index in [0.29, 0.717) is 18.7 Å². The molecule has 1 aromatic rings. The number of rotatable bonds is 7. The Morgan fingerprint density at radius 1 is 1.33 bits per heavy atom. The zero-order valence-corrected chi connectivity index (χ0v) is 12.2. The molecule has 114 valence electrons. The fraction of sp³-hybridized carbons (Fsp3) is 0.429. The molecule has 1 aromatic heterocycles. The van der Waals surface area contributed by atoms with Gasteiger partial charge in [-0.25, -0.2) is 0 Å². The fourth-order valence-electron chi connectivity index (χ4n) is 1.68. The van der Waals surface area contributed by atoms with Gasteiger partial charge in [-0.15, -0.1) is 0 Å². The van der Waals surface area contributed by atoms with Gasteiger partial charge in [0.05, 0.1) is 19.1 Å². The highest BCUT2D eigenvalue weighted by Crippen LogP contribution is 2.04. The van der Waals surface area contributed by atoms with Gasteiger partial charge in [0, 0.05) is 39.0 Å². The molecule has 0 radical (unpaired) electrons. The van der Waals surface area contributed by atoms with Gasteiger partial charge < -0.3 is 15.0 Å². The molecular weight excluding hydrogens is 274 g/mol. The quantitative estimate of drug-likeness (QED) is 0.727. The Bertz CT molecular complexity index is 490. The van der Waals surface area contributed by atoms with E-state index in [1.165, 1.54) is 25.1 Å². The van der Waals surface area contributed by atoms with Gasteiger partial charge in [0.25, 0.3) is 5.91 Å². The SMILES string of the molecule is COC(=O)CCN(CCNC(C)=O)C(=O)c1cccnc1. The number of ether oxygens (including phenoxy) is 1. The van der Waals surface area contributed by atoms with Gasteiger partial charge >= 0.3 is 5.97 Å². The number of hydrogen-bond donors (Lipinski definition) is 1. The summed E-state index contributed by atoms with van der Waals surface area (Å²) in [7, 11) is 1.30. The van der Waals surface area contributed by atoms with E-state index < -0.39 is 5.97 Å². The lowest BCUT2D eigenvalue weighted by molar-refractivity contribution is -0.140. The standard InChI is InChI=1S/C14H19N3O4/c1-11(18)16-7-9-17(8-5-13(19)21-2)14(20)12-4-3-6-15-10-12/h3-4,6,10H,5,7-9H2,1-2H3,(H,16,18). The van der Waals surface area contributed by atoms with Gasteiger partial charge in [0.15, 0.2) is 0 Å². The summed E-state index contributed by atoms with van der Waals surface area (Å²) in [6.07, 6.45) is 3.14. The van der Waals surface area contributed by atoms with Crippen LogP contribution in [-0.4, -0.2) is 54.4 Å². The van der Waals surface area contributed by atoms with Crippen molar-refractivity contribution in [3.8, 4) is 0 Å². The van der Waals surface area contributed by atoms with Crippen LogP contribution in [0.15, 0.2) is 24.5 Å². The molecule has 0 aliphatic carbocycles. The van der Waals surface area contributed by atoms with E-state index in [-0.39, 0.29) is 24.8 Å². The average molecular weight is 293 g/mol. The molecule has 2 amide bonds. The van der Waals surface area contributed by atoms with E-state index in [1.807, 2.05) is 0 Å². The van der Waals surface area contributed by atoms with Gasteiger partial charge in [-0.2, -0.15) is 0 Å². The Hall–Kier alpha value is -2.44. The van der Waals surface area contributed by atoms with Gasteiger partial charge in [-0.3, -0.25) is 19.4 Å². The van der Waals surface area contributed by atoms with E-state index in [0.717, 1.165) is 0 Å². The highest BCUT2D eigenvalue weighted by molar-refractivity contribution is 5.94. The molecule has 7 heteroatoms. The van der Waals surface area contributed by atoms with Gasteiger partial charge in [0.1, 0.15) is 0 Å². The summed E-state index contributed by atoms with van der Waals surface area (Å²) in [5.74, 6) is -0.799. The molecule has 7 nitrogen and oxygen atoms in total. The third kappa shape index (κ3) is 6.03. The molecule has 0 fully saturated rings. The molecule has 0 unspecified atom stereocenters. The van der Waals surface area contributed by atoms with Crippen LogP contribution in [0.5, 0.6) is 0 Å². The predicted octanol–water partition coefficient (Wildman–Crippen LogP) is 0.223. The van der Waals surface area contributed by atoms with E-state index in [2.05, 4.69) is 15.0 Å². The van der Waals surface area contributed by atoms with Gasteiger partial charge in [0.2, 0.25) is 5.91 Å². The first-order valence-electron chi connectivity index (χ1n) is 6.55. The smallest absolute Gasteiger partial charge is 0.307 e. The average Bonchev–Trinajstić information content (AvgIpc) is 2.50. The summed E-state index contributed by atoms with van der Waals surface area (Å²) < 4.78 is 4.57. The maximum Gasteiger partial charge on any atom is 0.307 e. The van der Waals surface area contributed by atoms with Crippen LogP contribution in [0.1, 0.15) is 23.7 Å². The molecule has 1 heterocycles. The van der Waals surface area contributed by atoms with Crippen LogP contribution >= 0.6 is 0 Å². The van der Waals surface area contributed by atoms with Crippen LogP contribution in [0.4, 0.5) is 0 Å². The lowest BCUT2D eigenvalue weighted by Crippen LogP contribution is -2.39. The van der Waals surface area contributed by atoms with Crippen LogP contribution in [-0.2, 0) is 14.3 Å². The summed E-state index contributed by atoms with van der Waals surface area (Å²) in [6, 6.07) is 3.32. The second kappa shape index (κ2) is 8.68. The van der Waals surface area contributed by atoms with Crippen molar-refractivity contribution in [1.29, 1.82) is 0 Å². The number of hydrogen-bond acceptors (Lipinski definition) is 5. The van der Waals surface area contributed by atoms with E-state index in [1.54, 1.807) is 18.3 Å². The second-order valence-corrected chi connectivity index (χ2v) is 4.34. The Kier molecular flexibility index (Phi) is 6.86. The fourth-order valence-corrected chi connectivity index (χ4v) is 1.68. The topological polar surface area (TPSA) is 88.6 Å². The molecule has 1 rings (SSSR count). The lowest BCUT2D eigenvalue weighted by Gasteiger charge is -2.22. The Morgan fingerprint density at radius 3 is 2.67 bits per heavy atom. The van der Waals surface area contributed by atoms with Gasteiger partial charge in [-0.1, -0.05) is 0 Å². The third-order valence-corrected chi connectivity index (χ3v) is 2.76. The number of aromatic nitrogens is 1. The van der Waals surface area contributed by atoms with Crippen molar-refractivity contribution in [2.75, 3.05) is 26.7 Å². The number of nitrogens with zero attached hydrogens (tertiary/aromatic N) is 2. The molecule has 0 spiro atoms. The van der Waals surface area contributed by atoms with Crippen molar-refractivity contribution >= 4 is 17.8 Å². The van der Waals surface area contributed by atoms with Crippen LogP contribution < -0.4 is 5.32 Å². The minimum atomic E-state index is -0.390. The zero-order chi connectivity index (χ0) is 15.7. The first kappa shape index (κ1) is 16.6. The maximum absolute atomic E-state index is 12.3. The number of carbonyl (C=O) groups excluding carboxylic acids is 3. The number of amides is 2. The highest BCUT2D eigenvalue weighted by atomic mass is 16.5. The first-order chi connectivity index (χ1) is 10.0. The Morgan fingerprint density at radius 2 is 2.10 bits per heavy atom. The van der Waals surface area contributed by atoms with Crippen molar-refractivity contribution in [1.82, 2.24) is 15.2 Å². The molecule has 21 heavy (non-hydrogen) atoms. The maximum atomic E-state index is 12.3. The Balaban J connectivity index is 2.67. The van der Waals surface area contributed by atoms with Gasteiger partial charge in [-0.05, 0) is 12.1 Å². The normalized spacial score (nSPS) is 9.81. The number of esters is 1. The molecule has 0 aromatic carbocycles. The number of methoxy groups -OCH3 is 1. The number of carbonyl (C=O) groups is 3. The zero-order valence-electron chi connectivity index (χ0n) is 12.2. The Labute approximate surface area is 123 Å². The predicted molar refractivity (Wildman–Crippen MR) is 75.5 cm³/mol. The van der Waals surface area contributed by atoms with E-state index >= 15 is 0 Å². The summed E-state index contributed by atoms with van der Waals surface area (Å²) in [5, 5.41) is 2.62. The van der Waals surface area contributed by atoms with Crippen LogP contribution in [0, 0.1) is 0 Å². The largest absolute Gasteiger partial charge is 0.469 e. The second-order valence-electron chi connectivity index (χ2n) is 4.34. The highest BCUT2D eigenvalue weighted by Gasteiger charge is 2.17. The molecule has 0 aliphatic rings.